The maximum absolute atomic E-state index is 12.4. The molecular weight excluding hydrogens is 464 g/mol. The lowest BCUT2D eigenvalue weighted by molar-refractivity contribution is -0.148. The lowest BCUT2D eigenvalue weighted by Gasteiger charge is -2.15. The number of esters is 1. The highest BCUT2D eigenvalue weighted by Crippen LogP contribution is 2.35. The molecule has 2 rings (SSSR count). The van der Waals surface area contributed by atoms with E-state index in [1.54, 1.807) is 0 Å². The van der Waals surface area contributed by atoms with Crippen molar-refractivity contribution in [3.8, 4) is 17.2 Å². The minimum atomic E-state index is -3.99. The van der Waals surface area contributed by atoms with Crippen LogP contribution >= 0.6 is 11.6 Å². The minimum Gasteiger partial charge on any atom is -0.497 e. The number of hydrogen-bond acceptors (Lipinski definition) is 8. The summed E-state index contributed by atoms with van der Waals surface area (Å²) in [5.41, 5.74) is 0.243. The molecule has 0 aliphatic heterocycles. The Bertz CT molecular complexity index is 1070. The first kappa shape index (κ1) is 25.2. The van der Waals surface area contributed by atoms with Gasteiger partial charge in [0.25, 0.3) is 5.91 Å². The molecule has 1 amide bonds. The number of sulfonamides is 1. The van der Waals surface area contributed by atoms with Crippen molar-refractivity contribution in [3.05, 3.63) is 41.4 Å². The molecule has 0 radical (unpaired) electrons. The molecule has 0 aromatic heterocycles. The lowest BCUT2D eigenvalue weighted by Crippen LogP contribution is -2.40. The van der Waals surface area contributed by atoms with Crippen LogP contribution in [0.2, 0.25) is 5.02 Å². The molecular formula is C20H23ClN2O8S. The Morgan fingerprint density at radius 1 is 1.00 bits per heavy atom. The van der Waals surface area contributed by atoms with Crippen LogP contribution in [0.25, 0.3) is 0 Å². The maximum Gasteiger partial charge on any atom is 0.324 e. The SMILES string of the molecule is COc1ccc(S(=O)(=O)N[C@@H](C)C(=O)OCC(=O)Nc2cc(Cl)c(OC)cc2OC)cc1. The Kier molecular flexibility index (Phi) is 8.70. The molecule has 2 N–H and O–H groups in total. The highest BCUT2D eigenvalue weighted by molar-refractivity contribution is 7.89. The van der Waals surface area contributed by atoms with Crippen LogP contribution in [-0.2, 0) is 24.3 Å². The van der Waals surface area contributed by atoms with Crippen LogP contribution in [0.4, 0.5) is 5.69 Å². The molecule has 0 aliphatic rings. The summed E-state index contributed by atoms with van der Waals surface area (Å²) in [6.07, 6.45) is 0. The first-order valence-corrected chi connectivity index (χ1v) is 11.0. The van der Waals surface area contributed by atoms with Crippen LogP contribution in [0.5, 0.6) is 17.2 Å². The average Bonchev–Trinajstić information content (AvgIpc) is 2.77. The number of nitrogens with one attached hydrogen (secondary N) is 2. The predicted octanol–water partition coefficient (Wildman–Crippen LogP) is 2.21. The van der Waals surface area contributed by atoms with Crippen LogP contribution < -0.4 is 24.2 Å². The molecule has 0 spiro atoms. The first-order chi connectivity index (χ1) is 15.1. The Labute approximate surface area is 190 Å². The monoisotopic (exact) mass is 486 g/mol. The van der Waals surface area contributed by atoms with Gasteiger partial charge in [0, 0.05) is 6.07 Å². The number of carbonyl (C=O) groups is 2. The molecule has 10 nitrogen and oxygen atoms in total. The number of ether oxygens (including phenoxy) is 4. The molecule has 0 bridgehead atoms. The Balaban J connectivity index is 1.95. The molecule has 0 heterocycles. The van der Waals surface area contributed by atoms with Gasteiger partial charge in [-0.05, 0) is 37.3 Å². The summed E-state index contributed by atoms with van der Waals surface area (Å²) < 4.78 is 47.1. The van der Waals surface area contributed by atoms with E-state index >= 15 is 0 Å². The van der Waals surface area contributed by atoms with Gasteiger partial charge in [0.1, 0.15) is 23.3 Å². The number of benzene rings is 2. The summed E-state index contributed by atoms with van der Waals surface area (Å²) in [5.74, 6) is -0.491. The summed E-state index contributed by atoms with van der Waals surface area (Å²) in [6, 6.07) is 7.29. The van der Waals surface area contributed by atoms with Crippen LogP contribution in [0.15, 0.2) is 41.3 Å². The predicted molar refractivity (Wildman–Crippen MR) is 117 cm³/mol. The zero-order chi connectivity index (χ0) is 23.9. The van der Waals surface area contributed by atoms with Gasteiger partial charge in [0.2, 0.25) is 10.0 Å². The quantitative estimate of drug-likeness (QED) is 0.489. The van der Waals surface area contributed by atoms with Gasteiger partial charge in [-0.15, -0.1) is 0 Å². The molecule has 0 unspecified atom stereocenters. The van der Waals surface area contributed by atoms with Crippen molar-refractivity contribution in [1.82, 2.24) is 4.72 Å². The molecule has 1 atom stereocenters. The van der Waals surface area contributed by atoms with Gasteiger partial charge in [-0.2, -0.15) is 4.72 Å². The summed E-state index contributed by atoms with van der Waals surface area (Å²) in [5, 5.41) is 2.74. The van der Waals surface area contributed by atoms with Crippen molar-refractivity contribution in [1.29, 1.82) is 0 Å². The first-order valence-electron chi connectivity index (χ1n) is 9.15. The third-order valence-electron chi connectivity index (χ3n) is 4.15. The standard InChI is InChI=1S/C20H23ClN2O8S/c1-12(23-32(26,27)14-7-5-13(28-2)6-8-14)20(25)31-11-19(24)22-16-9-15(21)17(29-3)10-18(16)30-4/h5-10,12,23H,11H2,1-4H3,(H,22,24)/t12-/m0/s1. The molecule has 174 valence electrons. The molecule has 2 aromatic carbocycles. The van der Waals surface area contributed by atoms with Crippen molar-refractivity contribution in [2.24, 2.45) is 0 Å². The molecule has 0 saturated carbocycles. The molecule has 32 heavy (non-hydrogen) atoms. The fourth-order valence-electron chi connectivity index (χ4n) is 2.51. The fraction of sp³-hybridized carbons (Fsp3) is 0.300. The topological polar surface area (TPSA) is 129 Å². The van der Waals surface area contributed by atoms with E-state index in [9.17, 15) is 18.0 Å². The molecule has 0 fully saturated rings. The van der Waals surface area contributed by atoms with Gasteiger partial charge in [-0.25, -0.2) is 8.42 Å². The third-order valence-corrected chi connectivity index (χ3v) is 6.00. The molecule has 0 aliphatic carbocycles. The van der Waals surface area contributed by atoms with Crippen LogP contribution in [0.1, 0.15) is 6.92 Å². The van der Waals surface area contributed by atoms with Gasteiger partial charge in [0.15, 0.2) is 6.61 Å². The number of amides is 1. The zero-order valence-corrected chi connectivity index (χ0v) is 19.4. The molecule has 12 heteroatoms. The maximum atomic E-state index is 12.4. The van der Waals surface area contributed by atoms with Gasteiger partial charge < -0.3 is 24.3 Å². The third kappa shape index (κ3) is 6.49. The van der Waals surface area contributed by atoms with E-state index in [2.05, 4.69) is 10.0 Å². The second-order valence-electron chi connectivity index (χ2n) is 6.36. The van der Waals surface area contributed by atoms with E-state index in [1.807, 2.05) is 0 Å². The molecule has 2 aromatic rings. The number of methoxy groups -OCH3 is 3. The van der Waals surface area contributed by atoms with Crippen LogP contribution in [0.3, 0.4) is 0 Å². The number of carbonyl (C=O) groups excluding carboxylic acids is 2. The Hall–Kier alpha value is -3.02. The van der Waals surface area contributed by atoms with E-state index in [0.717, 1.165) is 0 Å². The summed E-state index contributed by atoms with van der Waals surface area (Å²) in [6.45, 7) is 0.647. The fourth-order valence-corrected chi connectivity index (χ4v) is 3.94. The second-order valence-corrected chi connectivity index (χ2v) is 8.48. The van der Waals surface area contributed by atoms with Crippen molar-refractivity contribution in [3.63, 3.8) is 0 Å². The van der Waals surface area contributed by atoms with Crippen molar-refractivity contribution < 1.29 is 37.0 Å². The van der Waals surface area contributed by atoms with Gasteiger partial charge in [-0.3, -0.25) is 9.59 Å². The van der Waals surface area contributed by atoms with Crippen molar-refractivity contribution >= 4 is 39.2 Å². The van der Waals surface area contributed by atoms with Crippen LogP contribution in [0, 0.1) is 0 Å². The Morgan fingerprint density at radius 2 is 1.62 bits per heavy atom. The lowest BCUT2D eigenvalue weighted by atomic mass is 10.2. The smallest absolute Gasteiger partial charge is 0.324 e. The molecule has 0 saturated heterocycles. The van der Waals surface area contributed by atoms with E-state index in [1.165, 1.54) is 64.7 Å². The van der Waals surface area contributed by atoms with Crippen LogP contribution in [-0.4, -0.2) is 54.3 Å². The largest absolute Gasteiger partial charge is 0.497 e. The summed E-state index contributed by atoms with van der Waals surface area (Å²) in [4.78, 5) is 24.3. The summed E-state index contributed by atoms with van der Waals surface area (Å²) >= 11 is 6.05. The Morgan fingerprint density at radius 3 is 2.19 bits per heavy atom. The number of hydrogen-bond donors (Lipinski definition) is 2. The van der Waals surface area contributed by atoms with Gasteiger partial charge in [-0.1, -0.05) is 11.6 Å². The number of rotatable bonds is 10. The average molecular weight is 487 g/mol. The highest BCUT2D eigenvalue weighted by atomic mass is 35.5. The van der Waals surface area contributed by atoms with E-state index in [0.29, 0.717) is 11.5 Å². The van der Waals surface area contributed by atoms with E-state index in [-0.39, 0.29) is 21.4 Å². The number of halogens is 1. The minimum absolute atomic E-state index is 0.0563. The normalized spacial score (nSPS) is 11.9. The van der Waals surface area contributed by atoms with E-state index in [4.69, 9.17) is 30.5 Å². The zero-order valence-electron chi connectivity index (χ0n) is 17.8. The van der Waals surface area contributed by atoms with Crippen molar-refractivity contribution in [2.75, 3.05) is 33.3 Å². The summed E-state index contributed by atoms with van der Waals surface area (Å²) in [7, 11) is 0.297. The number of anilines is 1. The van der Waals surface area contributed by atoms with Crippen molar-refractivity contribution in [2.45, 2.75) is 17.9 Å². The van der Waals surface area contributed by atoms with Gasteiger partial charge >= 0.3 is 5.97 Å². The second kappa shape index (κ2) is 11.0. The van der Waals surface area contributed by atoms with Gasteiger partial charge in [0.05, 0.1) is 36.9 Å². The highest BCUT2D eigenvalue weighted by Gasteiger charge is 2.24. The van der Waals surface area contributed by atoms with E-state index < -0.39 is 34.5 Å².